The van der Waals surface area contributed by atoms with E-state index in [1.165, 1.54) is 23.5 Å². The molecule has 1 N–H and O–H groups in total. The quantitative estimate of drug-likeness (QED) is 0.565. The van der Waals surface area contributed by atoms with Crippen LogP contribution in [-0.4, -0.2) is 52.0 Å². The Labute approximate surface area is 203 Å². The third-order valence-electron chi connectivity index (χ3n) is 5.77. The van der Waals surface area contributed by atoms with Gasteiger partial charge in [-0.1, -0.05) is 18.2 Å². The van der Waals surface area contributed by atoms with Crippen LogP contribution in [0, 0.1) is 6.92 Å². The summed E-state index contributed by atoms with van der Waals surface area (Å²) in [6, 6.07) is 15.0. The molecule has 9 nitrogen and oxygen atoms in total. The maximum absolute atomic E-state index is 13.7. The number of morpholine rings is 1. The summed E-state index contributed by atoms with van der Waals surface area (Å²) in [6.45, 7) is 2.86. The number of carbonyl (C=O) groups is 1. The maximum atomic E-state index is 13.7. The molecule has 2 heterocycles. The first-order valence-electron chi connectivity index (χ1n) is 11.0. The molecule has 10 heteroatoms. The highest BCUT2D eigenvalue weighted by atomic mass is 32.2. The number of methoxy groups -OCH3 is 1. The van der Waals surface area contributed by atoms with Gasteiger partial charge in [0.2, 0.25) is 10.0 Å². The Balaban J connectivity index is 1.67. The zero-order valence-corrected chi connectivity index (χ0v) is 20.1. The molecule has 0 aliphatic carbocycles. The van der Waals surface area contributed by atoms with Gasteiger partial charge in [0, 0.05) is 19.2 Å². The standard InChI is InChI=1S/C25H24N2O7S/c1-16-7-8-18-22(13-16)34-21-15-23(33-20-6-4-3-5-19(20)31-2)24(14-17(21)25(28)26-18)35(29,30)27-9-11-32-12-10-27/h3-8,13-15H,9-12H2,1-2H3,(H,26,28). The minimum atomic E-state index is -4.02. The van der Waals surface area contributed by atoms with E-state index >= 15 is 0 Å². The van der Waals surface area contributed by atoms with Crippen LogP contribution in [-0.2, 0) is 14.8 Å². The molecule has 0 atom stereocenters. The van der Waals surface area contributed by atoms with Gasteiger partial charge >= 0.3 is 0 Å². The smallest absolute Gasteiger partial charge is 0.259 e. The number of hydrogen-bond acceptors (Lipinski definition) is 7. The van der Waals surface area contributed by atoms with E-state index in [2.05, 4.69) is 5.32 Å². The summed E-state index contributed by atoms with van der Waals surface area (Å²) in [5, 5.41) is 2.80. The third kappa shape index (κ3) is 4.43. The number of nitrogens with zero attached hydrogens (tertiary/aromatic N) is 1. The number of ether oxygens (including phenoxy) is 4. The molecule has 0 aromatic heterocycles. The van der Waals surface area contributed by atoms with Crippen LogP contribution in [0.25, 0.3) is 0 Å². The fraction of sp³-hybridized carbons (Fsp3) is 0.240. The lowest BCUT2D eigenvalue weighted by Crippen LogP contribution is -2.40. The highest BCUT2D eigenvalue weighted by molar-refractivity contribution is 7.89. The zero-order valence-electron chi connectivity index (χ0n) is 19.2. The van der Waals surface area contributed by atoms with Crippen molar-refractivity contribution in [2.75, 3.05) is 38.7 Å². The number of rotatable bonds is 5. The summed E-state index contributed by atoms with van der Waals surface area (Å²) < 4.78 is 51.5. The van der Waals surface area contributed by atoms with Gasteiger partial charge in [-0.2, -0.15) is 4.31 Å². The van der Waals surface area contributed by atoms with E-state index in [0.29, 0.717) is 22.9 Å². The number of aryl methyl sites for hydroxylation is 1. The van der Waals surface area contributed by atoms with E-state index in [4.69, 9.17) is 18.9 Å². The van der Waals surface area contributed by atoms with Gasteiger partial charge in [0.15, 0.2) is 23.0 Å². The minimum Gasteiger partial charge on any atom is -0.493 e. The van der Waals surface area contributed by atoms with Crippen LogP contribution in [0.4, 0.5) is 5.69 Å². The molecule has 3 aromatic carbocycles. The van der Waals surface area contributed by atoms with Gasteiger partial charge in [0.25, 0.3) is 5.91 Å². The van der Waals surface area contributed by atoms with Crippen LogP contribution in [0.15, 0.2) is 59.5 Å². The topological polar surface area (TPSA) is 103 Å². The van der Waals surface area contributed by atoms with Crippen LogP contribution in [0.5, 0.6) is 28.7 Å². The first-order chi connectivity index (χ1) is 16.9. The Morgan fingerprint density at radius 3 is 2.43 bits per heavy atom. The number of benzene rings is 3. The lowest BCUT2D eigenvalue weighted by Gasteiger charge is -2.27. The van der Waals surface area contributed by atoms with Crippen LogP contribution in [0.2, 0.25) is 0 Å². The Hall–Kier alpha value is -3.60. The predicted octanol–water partition coefficient (Wildman–Crippen LogP) is 4.17. The zero-order chi connectivity index (χ0) is 24.6. The number of fused-ring (bicyclic) bond motifs is 2. The van der Waals surface area contributed by atoms with Crippen molar-refractivity contribution in [2.45, 2.75) is 11.8 Å². The van der Waals surface area contributed by atoms with Gasteiger partial charge in [-0.3, -0.25) is 4.79 Å². The monoisotopic (exact) mass is 496 g/mol. The Morgan fingerprint density at radius 1 is 0.943 bits per heavy atom. The molecular weight excluding hydrogens is 472 g/mol. The second kappa shape index (κ2) is 9.21. The van der Waals surface area contributed by atoms with Crippen molar-refractivity contribution in [3.05, 3.63) is 65.7 Å². The first-order valence-corrected chi connectivity index (χ1v) is 12.5. The lowest BCUT2D eigenvalue weighted by atomic mass is 10.1. The van der Waals surface area contributed by atoms with Crippen LogP contribution in [0.3, 0.4) is 0 Å². The van der Waals surface area contributed by atoms with Gasteiger partial charge in [-0.15, -0.1) is 0 Å². The summed E-state index contributed by atoms with van der Waals surface area (Å²) in [4.78, 5) is 13.0. The number of hydrogen-bond donors (Lipinski definition) is 1. The lowest BCUT2D eigenvalue weighted by molar-refractivity contribution is 0.0729. The number of anilines is 1. The maximum Gasteiger partial charge on any atom is 0.259 e. The summed E-state index contributed by atoms with van der Waals surface area (Å²) in [6.07, 6.45) is 0. The fourth-order valence-electron chi connectivity index (χ4n) is 3.96. The van der Waals surface area contributed by atoms with E-state index in [0.717, 1.165) is 5.56 Å². The number of sulfonamides is 1. The predicted molar refractivity (Wildman–Crippen MR) is 128 cm³/mol. The van der Waals surface area contributed by atoms with Crippen molar-refractivity contribution in [1.82, 2.24) is 4.31 Å². The molecule has 0 unspecified atom stereocenters. The molecular formula is C25H24N2O7S. The molecule has 0 radical (unpaired) electrons. The van der Waals surface area contributed by atoms with Crippen molar-refractivity contribution >= 4 is 21.6 Å². The third-order valence-corrected chi connectivity index (χ3v) is 7.69. The van der Waals surface area contributed by atoms with Crippen LogP contribution >= 0.6 is 0 Å². The largest absolute Gasteiger partial charge is 0.493 e. The Kier molecular flexibility index (Phi) is 6.10. The molecule has 1 saturated heterocycles. The highest BCUT2D eigenvalue weighted by Crippen LogP contribution is 2.43. The summed E-state index contributed by atoms with van der Waals surface area (Å²) >= 11 is 0. The first kappa shape index (κ1) is 23.2. The van der Waals surface area contributed by atoms with E-state index in [1.807, 2.05) is 13.0 Å². The molecule has 5 rings (SSSR count). The average Bonchev–Trinajstić information content (AvgIpc) is 2.99. The summed E-state index contributed by atoms with van der Waals surface area (Å²) in [5.41, 5.74) is 1.51. The van der Waals surface area contributed by atoms with Gasteiger partial charge < -0.3 is 24.3 Å². The van der Waals surface area contributed by atoms with Gasteiger partial charge in [0.05, 0.1) is 31.6 Å². The van der Waals surface area contributed by atoms with Crippen LogP contribution in [0.1, 0.15) is 15.9 Å². The number of carbonyl (C=O) groups excluding carboxylic acids is 1. The van der Waals surface area contributed by atoms with Gasteiger partial charge in [-0.05, 0) is 42.8 Å². The number of para-hydroxylation sites is 2. The number of nitrogens with one attached hydrogen (secondary N) is 1. The summed E-state index contributed by atoms with van der Waals surface area (Å²) in [7, 11) is -2.53. The second-order valence-corrected chi connectivity index (χ2v) is 10.0. The highest BCUT2D eigenvalue weighted by Gasteiger charge is 2.33. The molecule has 1 amide bonds. The molecule has 182 valence electrons. The second-order valence-electron chi connectivity index (χ2n) is 8.12. The van der Waals surface area contributed by atoms with E-state index in [9.17, 15) is 13.2 Å². The van der Waals surface area contributed by atoms with Crippen molar-refractivity contribution in [3.8, 4) is 28.7 Å². The van der Waals surface area contributed by atoms with E-state index < -0.39 is 15.9 Å². The average molecular weight is 497 g/mol. The van der Waals surface area contributed by atoms with Crippen LogP contribution < -0.4 is 19.5 Å². The van der Waals surface area contributed by atoms with Crippen molar-refractivity contribution < 1.29 is 32.2 Å². The van der Waals surface area contributed by atoms with Gasteiger partial charge in [-0.25, -0.2) is 8.42 Å². The van der Waals surface area contributed by atoms with Gasteiger partial charge in [0.1, 0.15) is 10.6 Å². The normalized spacial score (nSPS) is 15.8. The minimum absolute atomic E-state index is 0.0173. The molecule has 0 bridgehead atoms. The molecule has 3 aromatic rings. The molecule has 35 heavy (non-hydrogen) atoms. The Bertz CT molecular complexity index is 1400. The van der Waals surface area contributed by atoms with Crippen molar-refractivity contribution in [1.29, 1.82) is 0 Å². The molecule has 0 spiro atoms. The molecule has 1 fully saturated rings. The Morgan fingerprint density at radius 2 is 1.69 bits per heavy atom. The molecule has 0 saturated carbocycles. The number of amides is 1. The van der Waals surface area contributed by atoms with Crippen molar-refractivity contribution in [2.24, 2.45) is 0 Å². The van der Waals surface area contributed by atoms with E-state index in [1.54, 1.807) is 36.4 Å². The fourth-order valence-corrected chi connectivity index (χ4v) is 5.49. The SMILES string of the molecule is COc1ccccc1Oc1cc2c(cc1S(=O)(=O)N1CCOCC1)C(=O)Nc1ccc(C)cc1O2. The van der Waals surface area contributed by atoms with E-state index in [-0.39, 0.29) is 48.3 Å². The molecule has 2 aliphatic rings. The summed E-state index contributed by atoms with van der Waals surface area (Å²) in [5.74, 6) is 0.912. The molecule has 2 aliphatic heterocycles. The van der Waals surface area contributed by atoms with Crippen molar-refractivity contribution in [3.63, 3.8) is 0 Å².